The average molecular weight is 534 g/mol. The predicted molar refractivity (Wildman–Crippen MR) is 136 cm³/mol. The molecule has 0 radical (unpaired) electrons. The van der Waals surface area contributed by atoms with E-state index in [1.54, 1.807) is 16.8 Å². The molecule has 1 saturated heterocycles. The minimum atomic E-state index is -3.46. The molecule has 192 valence electrons. The summed E-state index contributed by atoms with van der Waals surface area (Å²) in [7, 11) is -3.46. The standard InChI is InChI=1S/C23H28ClN7O4S/c1-26-14-23(31-13-17(20(25)32)21(28-31)27-22(33)16-4-5-16)7-9-30(10-8-23)12-15-3-6-18(24)19(11-15)29-36(2,34)35/h3,6,11,13,16,29H,4-5,7-10,12,14H2,2H3,(H2,25,32)(H,27,28,33). The Morgan fingerprint density at radius 2 is 2.00 bits per heavy atom. The number of nitrogens with zero attached hydrogens (tertiary/aromatic N) is 4. The second-order valence-electron chi connectivity index (χ2n) is 9.47. The van der Waals surface area contributed by atoms with Crippen LogP contribution >= 0.6 is 11.6 Å². The van der Waals surface area contributed by atoms with E-state index in [0.717, 1.165) is 24.7 Å². The van der Waals surface area contributed by atoms with Crippen molar-refractivity contribution in [3.05, 3.63) is 52.0 Å². The molecule has 0 spiro atoms. The smallest absolute Gasteiger partial charge is 0.254 e. The molecule has 0 atom stereocenters. The lowest BCUT2D eigenvalue weighted by atomic mass is 9.87. The number of benzene rings is 1. The first-order valence-electron chi connectivity index (χ1n) is 11.5. The third-order valence-corrected chi connectivity index (χ3v) is 7.47. The van der Waals surface area contributed by atoms with E-state index in [1.165, 1.54) is 6.20 Å². The van der Waals surface area contributed by atoms with Gasteiger partial charge in [-0.2, -0.15) is 5.10 Å². The van der Waals surface area contributed by atoms with Gasteiger partial charge in [-0.15, -0.1) is 0 Å². The lowest BCUT2D eigenvalue weighted by Crippen LogP contribution is -2.48. The molecule has 36 heavy (non-hydrogen) atoms. The summed E-state index contributed by atoms with van der Waals surface area (Å²) in [5, 5.41) is 7.54. The predicted octanol–water partition coefficient (Wildman–Crippen LogP) is 2.27. The Balaban J connectivity index is 1.50. The van der Waals surface area contributed by atoms with Crippen molar-refractivity contribution in [1.29, 1.82) is 0 Å². The van der Waals surface area contributed by atoms with Gasteiger partial charge in [0.05, 0.1) is 17.0 Å². The summed E-state index contributed by atoms with van der Waals surface area (Å²) < 4.78 is 27.3. The van der Waals surface area contributed by atoms with E-state index in [1.807, 2.05) is 6.07 Å². The van der Waals surface area contributed by atoms with E-state index in [4.69, 9.17) is 23.9 Å². The lowest BCUT2D eigenvalue weighted by molar-refractivity contribution is -0.117. The fraction of sp³-hybridized carbons (Fsp3) is 0.478. The van der Waals surface area contributed by atoms with E-state index >= 15 is 0 Å². The number of sulfonamides is 1. The molecule has 1 saturated carbocycles. The summed E-state index contributed by atoms with van der Waals surface area (Å²) >= 11 is 6.14. The molecule has 2 amide bonds. The molecule has 13 heteroatoms. The van der Waals surface area contributed by atoms with Gasteiger partial charge in [0.15, 0.2) is 5.82 Å². The molecular weight excluding hydrogens is 506 g/mol. The Morgan fingerprint density at radius 1 is 1.31 bits per heavy atom. The summed E-state index contributed by atoms with van der Waals surface area (Å²) in [4.78, 5) is 30.1. The van der Waals surface area contributed by atoms with Crippen LogP contribution in [0, 0.1) is 12.5 Å². The third-order valence-electron chi connectivity index (χ3n) is 6.55. The summed E-state index contributed by atoms with van der Waals surface area (Å²) in [6, 6.07) is 5.22. The molecule has 2 heterocycles. The van der Waals surface area contributed by atoms with Crippen molar-refractivity contribution < 1.29 is 18.0 Å². The van der Waals surface area contributed by atoms with Crippen LogP contribution in [0.15, 0.2) is 24.4 Å². The molecule has 4 N–H and O–H groups in total. The molecule has 1 aromatic carbocycles. The van der Waals surface area contributed by atoms with Crippen LogP contribution in [0.5, 0.6) is 0 Å². The van der Waals surface area contributed by atoms with Crippen molar-refractivity contribution in [1.82, 2.24) is 14.7 Å². The van der Waals surface area contributed by atoms with Gasteiger partial charge in [0, 0.05) is 31.7 Å². The van der Waals surface area contributed by atoms with Crippen LogP contribution in [0.2, 0.25) is 5.02 Å². The highest BCUT2D eigenvalue weighted by molar-refractivity contribution is 7.92. The van der Waals surface area contributed by atoms with Crippen LogP contribution in [-0.4, -0.2) is 60.8 Å². The Morgan fingerprint density at radius 3 is 2.58 bits per heavy atom. The Labute approximate surface area is 214 Å². The van der Waals surface area contributed by atoms with Crippen molar-refractivity contribution in [3.63, 3.8) is 0 Å². The van der Waals surface area contributed by atoms with E-state index in [9.17, 15) is 18.0 Å². The number of piperidine rings is 1. The van der Waals surface area contributed by atoms with Gasteiger partial charge in [0.1, 0.15) is 11.1 Å². The zero-order valence-corrected chi connectivity index (χ0v) is 21.4. The SMILES string of the molecule is [C-]#[N+]CC1(n2cc(C(N)=O)c(NC(=O)C3CC3)n2)CCN(Cc2ccc(Cl)c(NS(C)(=O)=O)c2)CC1. The van der Waals surface area contributed by atoms with E-state index in [2.05, 4.69) is 24.9 Å². The van der Waals surface area contributed by atoms with E-state index < -0.39 is 21.5 Å². The number of hydrogen-bond acceptors (Lipinski definition) is 6. The minimum absolute atomic E-state index is 0.0580. The number of aromatic nitrogens is 2. The number of primary amides is 1. The van der Waals surface area contributed by atoms with Crippen LogP contribution in [0.25, 0.3) is 4.85 Å². The first kappa shape index (κ1) is 25.9. The number of amides is 2. The summed E-state index contributed by atoms with van der Waals surface area (Å²) in [5.41, 5.74) is 6.25. The Bertz CT molecular complexity index is 1320. The zero-order chi connectivity index (χ0) is 26.1. The van der Waals surface area contributed by atoms with Crippen LogP contribution in [0.4, 0.5) is 11.5 Å². The minimum Gasteiger partial charge on any atom is -0.365 e. The first-order valence-corrected chi connectivity index (χ1v) is 13.8. The number of carbonyl (C=O) groups is 2. The van der Waals surface area contributed by atoms with E-state index in [0.29, 0.717) is 43.2 Å². The highest BCUT2D eigenvalue weighted by Crippen LogP contribution is 2.34. The Kier molecular flexibility index (Phi) is 7.26. The number of nitrogens with two attached hydrogens (primary N) is 1. The molecule has 2 aliphatic rings. The molecule has 0 bridgehead atoms. The average Bonchev–Trinajstić information content (AvgIpc) is 3.57. The van der Waals surface area contributed by atoms with Gasteiger partial charge in [-0.25, -0.2) is 15.0 Å². The number of nitrogens with one attached hydrogen (secondary N) is 2. The molecular formula is C23H28ClN7O4S. The number of anilines is 2. The summed E-state index contributed by atoms with van der Waals surface area (Å²) in [6.07, 6.45) is 5.42. The quantitative estimate of drug-likeness (QED) is 0.422. The van der Waals surface area contributed by atoms with Gasteiger partial charge in [-0.1, -0.05) is 17.7 Å². The molecule has 1 aliphatic carbocycles. The number of likely N-dealkylation sites (tertiary alicyclic amines) is 1. The van der Waals surface area contributed by atoms with Crippen molar-refractivity contribution in [3.8, 4) is 0 Å². The first-order chi connectivity index (χ1) is 17.0. The molecule has 2 fully saturated rings. The van der Waals surface area contributed by atoms with Crippen LogP contribution in [0.1, 0.15) is 41.6 Å². The normalized spacial score (nSPS) is 17.8. The van der Waals surface area contributed by atoms with Crippen LogP contribution < -0.4 is 15.8 Å². The maximum Gasteiger partial charge on any atom is 0.254 e. The maximum absolute atomic E-state index is 12.3. The Hall–Kier alpha value is -3.14. The topological polar surface area (TPSA) is 144 Å². The van der Waals surface area contributed by atoms with Gasteiger partial charge in [0.2, 0.25) is 22.5 Å². The maximum atomic E-state index is 12.3. The van der Waals surface area contributed by atoms with Crippen molar-refractivity contribution in [2.75, 3.05) is 35.9 Å². The molecule has 1 aliphatic heterocycles. The largest absolute Gasteiger partial charge is 0.365 e. The molecule has 2 aromatic rings. The fourth-order valence-electron chi connectivity index (χ4n) is 4.39. The van der Waals surface area contributed by atoms with Crippen LogP contribution in [-0.2, 0) is 26.9 Å². The van der Waals surface area contributed by atoms with Crippen LogP contribution in [0.3, 0.4) is 0 Å². The van der Waals surface area contributed by atoms with Crippen molar-refractivity contribution >= 4 is 44.9 Å². The van der Waals surface area contributed by atoms with Gasteiger partial charge in [0.25, 0.3) is 5.91 Å². The summed E-state index contributed by atoms with van der Waals surface area (Å²) in [5.74, 6) is -0.788. The molecule has 1 aromatic heterocycles. The monoisotopic (exact) mass is 533 g/mol. The highest BCUT2D eigenvalue weighted by Gasteiger charge is 2.41. The summed E-state index contributed by atoms with van der Waals surface area (Å²) in [6.45, 7) is 9.54. The molecule has 4 rings (SSSR count). The number of hydrogen-bond donors (Lipinski definition) is 3. The van der Waals surface area contributed by atoms with Gasteiger partial charge in [-0.3, -0.25) is 23.9 Å². The number of carbonyl (C=O) groups excluding carboxylic acids is 2. The molecule has 0 unspecified atom stereocenters. The number of rotatable bonds is 9. The zero-order valence-electron chi connectivity index (χ0n) is 19.8. The molecule has 11 nitrogen and oxygen atoms in total. The lowest BCUT2D eigenvalue weighted by Gasteiger charge is -2.38. The number of halogens is 1. The third kappa shape index (κ3) is 5.98. The highest BCUT2D eigenvalue weighted by atomic mass is 35.5. The van der Waals surface area contributed by atoms with Gasteiger partial charge >= 0.3 is 0 Å². The second kappa shape index (κ2) is 10.1. The van der Waals surface area contributed by atoms with Gasteiger partial charge < -0.3 is 15.9 Å². The second-order valence-corrected chi connectivity index (χ2v) is 11.6. The fourth-order valence-corrected chi connectivity index (χ4v) is 5.18. The van der Waals surface area contributed by atoms with Crippen molar-refractivity contribution in [2.24, 2.45) is 11.7 Å². The van der Waals surface area contributed by atoms with Gasteiger partial charge in [-0.05, 0) is 43.4 Å². The van der Waals surface area contributed by atoms with Crippen molar-refractivity contribution in [2.45, 2.75) is 37.8 Å². The van der Waals surface area contributed by atoms with E-state index in [-0.39, 0.29) is 29.8 Å².